The van der Waals surface area contributed by atoms with Gasteiger partial charge in [-0.15, -0.1) is 11.3 Å². The zero-order valence-electron chi connectivity index (χ0n) is 7.27. The van der Waals surface area contributed by atoms with Gasteiger partial charge in [-0.25, -0.2) is 4.79 Å². The highest BCUT2D eigenvalue weighted by atomic mass is 32.1. The molecule has 0 saturated heterocycles. The van der Waals surface area contributed by atoms with Crippen molar-refractivity contribution in [3.05, 3.63) is 15.8 Å². The quantitative estimate of drug-likeness (QED) is 0.500. The van der Waals surface area contributed by atoms with Crippen molar-refractivity contribution in [2.45, 2.75) is 6.92 Å². The second-order valence-corrected chi connectivity index (χ2v) is 3.76. The van der Waals surface area contributed by atoms with Crippen molar-refractivity contribution in [1.29, 1.82) is 0 Å². The second-order valence-electron chi connectivity index (χ2n) is 2.51. The Morgan fingerprint density at radius 1 is 1.62 bits per heavy atom. The highest BCUT2D eigenvalue weighted by Crippen LogP contribution is 2.14. The molecule has 0 aliphatic heterocycles. The molecule has 13 heavy (non-hydrogen) atoms. The third kappa shape index (κ3) is 2.09. The van der Waals surface area contributed by atoms with Gasteiger partial charge in [0.2, 0.25) is 0 Å². The lowest BCUT2D eigenvalue weighted by atomic mass is 9.80. The van der Waals surface area contributed by atoms with E-state index in [-0.39, 0.29) is 10.3 Å². The van der Waals surface area contributed by atoms with Crippen molar-refractivity contribution < 1.29 is 19.6 Å². The number of hydrogen-bond acceptors (Lipinski definition) is 5. The molecule has 1 heterocycles. The lowest BCUT2D eigenvalue weighted by molar-refractivity contribution is 0.0607. The summed E-state index contributed by atoms with van der Waals surface area (Å²) in [5, 5.41) is 17.8. The number of ether oxygens (including phenoxy) is 1. The average Bonchev–Trinajstić information content (AvgIpc) is 2.46. The lowest BCUT2D eigenvalue weighted by Gasteiger charge is -1.99. The first-order valence-electron chi connectivity index (χ1n) is 3.61. The van der Waals surface area contributed by atoms with E-state index in [9.17, 15) is 4.79 Å². The minimum absolute atomic E-state index is 0.203. The van der Waals surface area contributed by atoms with Gasteiger partial charge in [-0.3, -0.25) is 0 Å². The maximum atomic E-state index is 11.1. The Balaban J connectivity index is 3.11. The summed E-state index contributed by atoms with van der Waals surface area (Å²) in [6, 6.07) is 1.56. The predicted octanol–water partition coefficient (Wildman–Crippen LogP) is -0.477. The minimum Gasteiger partial charge on any atom is -0.465 e. The van der Waals surface area contributed by atoms with Gasteiger partial charge in [-0.05, 0) is 13.0 Å². The minimum atomic E-state index is -1.63. The van der Waals surface area contributed by atoms with Gasteiger partial charge in [0.15, 0.2) is 0 Å². The average molecular weight is 200 g/mol. The number of rotatable bonds is 2. The van der Waals surface area contributed by atoms with Crippen LogP contribution < -0.4 is 5.46 Å². The highest BCUT2D eigenvalue weighted by molar-refractivity contribution is 7.15. The zero-order chi connectivity index (χ0) is 10.0. The third-order valence-corrected chi connectivity index (χ3v) is 2.58. The smallest absolute Gasteiger partial charge is 0.465 e. The SMILES string of the molecule is COC(=O)c1sc(C)cc1B(O)O. The molecule has 0 aliphatic rings. The first kappa shape index (κ1) is 10.2. The van der Waals surface area contributed by atoms with Crippen LogP contribution in [0.25, 0.3) is 0 Å². The van der Waals surface area contributed by atoms with Crippen molar-refractivity contribution in [2.75, 3.05) is 7.11 Å². The topological polar surface area (TPSA) is 66.8 Å². The van der Waals surface area contributed by atoms with E-state index in [0.717, 1.165) is 4.88 Å². The number of carbonyl (C=O) groups is 1. The van der Waals surface area contributed by atoms with E-state index in [4.69, 9.17) is 10.0 Å². The summed E-state index contributed by atoms with van der Waals surface area (Å²) in [5.74, 6) is -0.541. The van der Waals surface area contributed by atoms with Gasteiger partial charge in [-0.2, -0.15) is 0 Å². The molecule has 0 radical (unpaired) electrons. The van der Waals surface area contributed by atoms with Crippen molar-refractivity contribution in [2.24, 2.45) is 0 Å². The number of methoxy groups -OCH3 is 1. The van der Waals surface area contributed by atoms with Crippen LogP contribution in [-0.2, 0) is 4.74 Å². The summed E-state index contributed by atoms with van der Waals surface area (Å²) < 4.78 is 4.49. The summed E-state index contributed by atoms with van der Waals surface area (Å²) in [7, 11) is -0.371. The second kappa shape index (κ2) is 3.91. The van der Waals surface area contributed by atoms with Crippen molar-refractivity contribution in [3.8, 4) is 0 Å². The molecule has 0 spiro atoms. The van der Waals surface area contributed by atoms with Gasteiger partial charge in [0.05, 0.1) is 7.11 Å². The van der Waals surface area contributed by atoms with Crippen LogP contribution in [0.3, 0.4) is 0 Å². The predicted molar refractivity (Wildman–Crippen MR) is 50.2 cm³/mol. The number of carbonyl (C=O) groups excluding carboxylic acids is 1. The molecule has 1 rings (SSSR count). The monoisotopic (exact) mass is 200 g/mol. The van der Waals surface area contributed by atoms with Crippen LogP contribution in [0.4, 0.5) is 0 Å². The fourth-order valence-corrected chi connectivity index (χ4v) is 1.93. The van der Waals surface area contributed by atoms with E-state index in [1.54, 1.807) is 13.0 Å². The molecule has 1 aromatic rings. The molecule has 2 N–H and O–H groups in total. The molecule has 0 aliphatic carbocycles. The van der Waals surface area contributed by atoms with Gasteiger partial charge in [0.25, 0.3) is 0 Å². The molecule has 0 fully saturated rings. The highest BCUT2D eigenvalue weighted by Gasteiger charge is 2.23. The molecule has 0 amide bonds. The summed E-state index contributed by atoms with van der Waals surface area (Å²) in [6.07, 6.45) is 0. The van der Waals surface area contributed by atoms with Crippen LogP contribution in [0.2, 0.25) is 0 Å². The summed E-state index contributed by atoms with van der Waals surface area (Å²) >= 11 is 1.18. The van der Waals surface area contributed by atoms with Gasteiger partial charge >= 0.3 is 13.1 Å². The first-order chi connectivity index (χ1) is 6.06. The first-order valence-corrected chi connectivity index (χ1v) is 4.42. The Hall–Kier alpha value is -0.845. The molecule has 1 aromatic heterocycles. The van der Waals surface area contributed by atoms with Crippen LogP contribution >= 0.6 is 11.3 Å². The molecule has 4 nitrogen and oxygen atoms in total. The van der Waals surface area contributed by atoms with Crippen LogP contribution in [-0.4, -0.2) is 30.2 Å². The standard InChI is InChI=1S/C7H9BO4S/c1-4-3-5(8(10)11)6(13-4)7(9)12-2/h3,10-11H,1-2H3. The van der Waals surface area contributed by atoms with Gasteiger partial charge in [0.1, 0.15) is 4.88 Å². The van der Waals surface area contributed by atoms with Crippen molar-refractivity contribution >= 4 is 29.9 Å². The Kier molecular flexibility index (Phi) is 3.08. The molecule has 0 atom stereocenters. The molecule has 70 valence electrons. The molecular formula is C7H9BO4S. The molecule has 0 saturated carbocycles. The summed E-state index contributed by atoms with van der Waals surface area (Å²) in [5.41, 5.74) is 0.203. The number of hydrogen-bond donors (Lipinski definition) is 2. The van der Waals surface area contributed by atoms with Crippen molar-refractivity contribution in [1.82, 2.24) is 0 Å². The van der Waals surface area contributed by atoms with Crippen LogP contribution in [0.5, 0.6) is 0 Å². The molecule has 6 heteroatoms. The molecule has 0 aromatic carbocycles. The van der Waals surface area contributed by atoms with Gasteiger partial charge in [-0.1, -0.05) is 0 Å². The molecule has 0 bridgehead atoms. The lowest BCUT2D eigenvalue weighted by Crippen LogP contribution is -2.32. The Labute approximate surface area is 79.9 Å². The van der Waals surface area contributed by atoms with E-state index < -0.39 is 13.1 Å². The fourth-order valence-electron chi connectivity index (χ4n) is 0.978. The fraction of sp³-hybridized carbons (Fsp3) is 0.286. The normalized spacial score (nSPS) is 9.85. The third-order valence-electron chi connectivity index (χ3n) is 1.53. The van der Waals surface area contributed by atoms with Crippen molar-refractivity contribution in [3.63, 3.8) is 0 Å². The maximum absolute atomic E-state index is 11.1. The van der Waals surface area contributed by atoms with Crippen LogP contribution in [0, 0.1) is 6.92 Å². The van der Waals surface area contributed by atoms with Gasteiger partial charge < -0.3 is 14.8 Å². The van der Waals surface area contributed by atoms with E-state index in [1.165, 1.54) is 18.4 Å². The number of thiophene rings is 1. The summed E-state index contributed by atoms with van der Waals surface area (Å²) in [6.45, 7) is 1.78. The maximum Gasteiger partial charge on any atom is 0.490 e. The molecule has 0 unspecified atom stereocenters. The Morgan fingerprint density at radius 3 is 2.69 bits per heavy atom. The van der Waals surface area contributed by atoms with Gasteiger partial charge in [0, 0.05) is 10.3 Å². The van der Waals surface area contributed by atoms with E-state index in [1.807, 2.05) is 0 Å². The van der Waals surface area contributed by atoms with Crippen LogP contribution in [0.15, 0.2) is 6.07 Å². The zero-order valence-corrected chi connectivity index (χ0v) is 8.09. The Morgan fingerprint density at radius 2 is 2.23 bits per heavy atom. The largest absolute Gasteiger partial charge is 0.490 e. The summed E-state index contributed by atoms with van der Waals surface area (Å²) in [4.78, 5) is 12.2. The van der Waals surface area contributed by atoms with E-state index >= 15 is 0 Å². The molecular weight excluding hydrogens is 191 g/mol. The number of aryl methyl sites for hydroxylation is 1. The van der Waals surface area contributed by atoms with E-state index in [0.29, 0.717) is 0 Å². The Bertz CT molecular complexity index is 320. The van der Waals surface area contributed by atoms with Crippen LogP contribution in [0.1, 0.15) is 14.5 Å². The van der Waals surface area contributed by atoms with E-state index in [2.05, 4.69) is 4.74 Å². The number of esters is 1.